The molecule has 1 N–H and O–H groups in total. The number of nitrogens with zero attached hydrogens (tertiary/aromatic N) is 1. The van der Waals surface area contributed by atoms with Crippen LogP contribution < -0.4 is 5.32 Å². The number of rotatable bonds is 5. The zero-order valence-electron chi connectivity index (χ0n) is 8.51. The van der Waals surface area contributed by atoms with E-state index in [0.717, 1.165) is 17.9 Å². The molecule has 0 aliphatic carbocycles. The highest BCUT2D eigenvalue weighted by Gasteiger charge is 2.07. The maximum atomic E-state index is 10.4. The molecule has 0 amide bonds. The molecule has 0 aliphatic heterocycles. The summed E-state index contributed by atoms with van der Waals surface area (Å²) in [5.74, 6) is 0.775. The quantitative estimate of drug-likeness (QED) is 0.459. The molecule has 1 rings (SSSR count). The molecule has 0 bridgehead atoms. The minimum atomic E-state index is -0.393. The molecule has 4 nitrogen and oxygen atoms in total. The molecule has 1 aromatic rings. The van der Waals surface area contributed by atoms with Crippen LogP contribution in [0.15, 0.2) is 24.3 Å². The first-order valence-electron chi connectivity index (χ1n) is 4.73. The fourth-order valence-electron chi connectivity index (χ4n) is 1.28. The van der Waals surface area contributed by atoms with Gasteiger partial charge in [0.15, 0.2) is 0 Å². The summed E-state index contributed by atoms with van der Waals surface area (Å²) in [6.07, 6.45) is 0. The van der Waals surface area contributed by atoms with Gasteiger partial charge < -0.3 is 5.32 Å². The third kappa shape index (κ3) is 3.53. The molecule has 0 spiro atoms. The third-order valence-corrected chi connectivity index (χ3v) is 2.39. The average molecular weight is 226 g/mol. The second kappa shape index (κ2) is 5.72. The van der Waals surface area contributed by atoms with Crippen molar-refractivity contribution in [1.82, 2.24) is 5.32 Å². The van der Waals surface area contributed by atoms with E-state index in [2.05, 4.69) is 17.9 Å². The van der Waals surface area contributed by atoms with Crippen LogP contribution in [-0.2, 0) is 0 Å². The third-order valence-electron chi connectivity index (χ3n) is 2.17. The summed E-state index contributed by atoms with van der Waals surface area (Å²) in [7, 11) is 0. The number of hydrogen-bond acceptors (Lipinski definition) is 4. The largest absolute Gasteiger partial charge is 0.309 e. The van der Waals surface area contributed by atoms with Gasteiger partial charge in [-0.15, -0.1) is 0 Å². The van der Waals surface area contributed by atoms with Crippen molar-refractivity contribution in [1.29, 1.82) is 0 Å². The molecule has 0 saturated carbocycles. The number of benzene rings is 1. The lowest BCUT2D eigenvalue weighted by molar-refractivity contribution is -0.384. The van der Waals surface area contributed by atoms with Crippen molar-refractivity contribution in [3.05, 3.63) is 39.9 Å². The highest BCUT2D eigenvalue weighted by molar-refractivity contribution is 7.80. The summed E-state index contributed by atoms with van der Waals surface area (Å²) in [5, 5.41) is 13.7. The van der Waals surface area contributed by atoms with Crippen LogP contribution in [0.3, 0.4) is 0 Å². The Morgan fingerprint density at radius 3 is 2.53 bits per heavy atom. The molecule has 5 heteroatoms. The SMILES string of the molecule is C[C@H](NCCS)c1ccc([N+](=O)[O-])cc1. The van der Waals surface area contributed by atoms with Crippen LogP contribution in [0, 0.1) is 10.1 Å². The fraction of sp³-hybridized carbons (Fsp3) is 0.400. The number of hydrogen-bond donors (Lipinski definition) is 2. The van der Waals surface area contributed by atoms with Gasteiger partial charge in [-0.1, -0.05) is 12.1 Å². The van der Waals surface area contributed by atoms with Crippen molar-refractivity contribution in [2.75, 3.05) is 12.3 Å². The lowest BCUT2D eigenvalue weighted by atomic mass is 10.1. The van der Waals surface area contributed by atoms with Gasteiger partial charge in [0.05, 0.1) is 4.92 Å². The smallest absolute Gasteiger partial charge is 0.269 e. The topological polar surface area (TPSA) is 55.2 Å². The van der Waals surface area contributed by atoms with Gasteiger partial charge in [0, 0.05) is 30.5 Å². The van der Waals surface area contributed by atoms with Gasteiger partial charge in [-0.3, -0.25) is 10.1 Å². The van der Waals surface area contributed by atoms with Gasteiger partial charge in [-0.05, 0) is 12.5 Å². The minimum Gasteiger partial charge on any atom is -0.309 e. The molecule has 15 heavy (non-hydrogen) atoms. The van der Waals surface area contributed by atoms with Crippen LogP contribution in [0.25, 0.3) is 0 Å². The zero-order valence-corrected chi connectivity index (χ0v) is 9.41. The Bertz CT molecular complexity index is 327. The van der Waals surface area contributed by atoms with Gasteiger partial charge in [0.2, 0.25) is 0 Å². The molecule has 0 heterocycles. The Kier molecular flexibility index (Phi) is 4.58. The molecule has 0 saturated heterocycles. The van der Waals surface area contributed by atoms with Crippen molar-refractivity contribution in [2.24, 2.45) is 0 Å². The van der Waals surface area contributed by atoms with Crippen molar-refractivity contribution in [2.45, 2.75) is 13.0 Å². The lowest BCUT2D eigenvalue weighted by Gasteiger charge is -2.12. The van der Waals surface area contributed by atoms with E-state index in [9.17, 15) is 10.1 Å². The number of non-ortho nitro benzene ring substituents is 1. The monoisotopic (exact) mass is 226 g/mol. The molecule has 82 valence electrons. The van der Waals surface area contributed by atoms with Gasteiger partial charge >= 0.3 is 0 Å². The Morgan fingerprint density at radius 2 is 2.07 bits per heavy atom. The fourth-order valence-corrected chi connectivity index (χ4v) is 1.41. The predicted molar refractivity (Wildman–Crippen MR) is 63.4 cm³/mol. The summed E-state index contributed by atoms with van der Waals surface area (Å²) in [6.45, 7) is 2.84. The average Bonchev–Trinajstić information content (AvgIpc) is 2.26. The first kappa shape index (κ1) is 12.0. The minimum absolute atomic E-state index is 0.125. The Morgan fingerprint density at radius 1 is 1.47 bits per heavy atom. The van der Waals surface area contributed by atoms with Gasteiger partial charge in [0.25, 0.3) is 5.69 Å². The summed E-state index contributed by atoms with van der Waals surface area (Å²) in [5.41, 5.74) is 1.17. The molecular formula is C10H14N2O2S. The second-order valence-corrected chi connectivity index (χ2v) is 3.70. The Balaban J connectivity index is 2.66. The molecule has 0 aliphatic rings. The Hall–Kier alpha value is -1.07. The van der Waals surface area contributed by atoms with E-state index in [0.29, 0.717) is 0 Å². The highest BCUT2D eigenvalue weighted by Crippen LogP contribution is 2.17. The first-order chi connectivity index (χ1) is 7.15. The number of thiol groups is 1. The van der Waals surface area contributed by atoms with Crippen molar-refractivity contribution in [3.8, 4) is 0 Å². The van der Waals surface area contributed by atoms with Crippen LogP contribution in [0.2, 0.25) is 0 Å². The van der Waals surface area contributed by atoms with Crippen molar-refractivity contribution >= 4 is 18.3 Å². The van der Waals surface area contributed by atoms with Crippen LogP contribution in [0.5, 0.6) is 0 Å². The summed E-state index contributed by atoms with van der Waals surface area (Å²) in [4.78, 5) is 10.0. The number of nitrogens with one attached hydrogen (secondary N) is 1. The van der Waals surface area contributed by atoms with Crippen molar-refractivity contribution < 1.29 is 4.92 Å². The zero-order chi connectivity index (χ0) is 11.3. The van der Waals surface area contributed by atoms with E-state index in [-0.39, 0.29) is 11.7 Å². The molecular weight excluding hydrogens is 212 g/mol. The van der Waals surface area contributed by atoms with Crippen LogP contribution in [0.4, 0.5) is 5.69 Å². The summed E-state index contributed by atoms with van der Waals surface area (Å²) in [6, 6.07) is 6.78. The van der Waals surface area contributed by atoms with Gasteiger partial charge in [-0.25, -0.2) is 0 Å². The van der Waals surface area contributed by atoms with Crippen molar-refractivity contribution in [3.63, 3.8) is 0 Å². The number of nitro groups is 1. The normalized spacial score (nSPS) is 12.4. The van der Waals surface area contributed by atoms with Gasteiger partial charge in [0.1, 0.15) is 0 Å². The Labute approximate surface area is 94.2 Å². The maximum Gasteiger partial charge on any atom is 0.269 e. The van der Waals surface area contributed by atoms with E-state index in [1.54, 1.807) is 12.1 Å². The van der Waals surface area contributed by atoms with Gasteiger partial charge in [-0.2, -0.15) is 12.6 Å². The van der Waals surface area contributed by atoms with E-state index in [1.807, 2.05) is 6.92 Å². The molecule has 1 atom stereocenters. The van der Waals surface area contributed by atoms with E-state index in [1.165, 1.54) is 12.1 Å². The van der Waals surface area contributed by atoms with E-state index < -0.39 is 4.92 Å². The molecule has 1 aromatic carbocycles. The van der Waals surface area contributed by atoms with Crippen LogP contribution in [-0.4, -0.2) is 17.2 Å². The summed E-state index contributed by atoms with van der Waals surface area (Å²) >= 11 is 4.10. The molecule has 0 unspecified atom stereocenters. The number of nitro benzene ring substituents is 1. The molecule has 0 fully saturated rings. The van der Waals surface area contributed by atoms with Crippen LogP contribution >= 0.6 is 12.6 Å². The molecule has 0 aromatic heterocycles. The predicted octanol–water partition coefficient (Wildman–Crippen LogP) is 2.18. The lowest BCUT2D eigenvalue weighted by Crippen LogP contribution is -2.20. The first-order valence-corrected chi connectivity index (χ1v) is 5.37. The maximum absolute atomic E-state index is 10.4. The second-order valence-electron chi connectivity index (χ2n) is 3.25. The standard InChI is InChI=1S/C10H14N2O2S/c1-8(11-6-7-15)9-2-4-10(5-3-9)12(13)14/h2-5,8,11,15H,6-7H2,1H3/t8-/m0/s1. The molecule has 0 radical (unpaired) electrons. The highest BCUT2D eigenvalue weighted by atomic mass is 32.1. The van der Waals surface area contributed by atoms with Crippen LogP contribution in [0.1, 0.15) is 18.5 Å². The van der Waals surface area contributed by atoms with E-state index >= 15 is 0 Å². The summed E-state index contributed by atoms with van der Waals surface area (Å²) < 4.78 is 0. The van der Waals surface area contributed by atoms with E-state index in [4.69, 9.17) is 0 Å².